The standard InChI is InChI=1S/C20H30O3/c1-14-13-16-15(18(16,2)3)7-11-19(4,22)9-6-10-20(5,23)12-8-17(14)21/h6,8-9,12-13,15-16,22-23H,7,10-11H2,1-5H3/b9-6+,12-8+,14-13+/t15-,16+,19?,20?/m0/s1. The van der Waals surface area contributed by atoms with Gasteiger partial charge in [-0.2, -0.15) is 0 Å². The molecule has 128 valence electrons. The van der Waals surface area contributed by atoms with Crippen molar-refractivity contribution in [1.29, 1.82) is 0 Å². The molecule has 0 radical (unpaired) electrons. The van der Waals surface area contributed by atoms with E-state index in [4.69, 9.17) is 0 Å². The maximum atomic E-state index is 12.2. The molecule has 2 rings (SSSR count). The van der Waals surface area contributed by atoms with Gasteiger partial charge in [-0.25, -0.2) is 0 Å². The Bertz CT molecular complexity index is 561. The van der Waals surface area contributed by atoms with Gasteiger partial charge in [-0.1, -0.05) is 32.1 Å². The molecular weight excluding hydrogens is 288 g/mol. The highest BCUT2D eigenvalue weighted by molar-refractivity contribution is 6.03. The number of hydrogen-bond donors (Lipinski definition) is 2. The Balaban J connectivity index is 2.29. The molecule has 0 heterocycles. The van der Waals surface area contributed by atoms with E-state index in [9.17, 15) is 15.0 Å². The predicted octanol–water partition coefficient (Wildman–Crippen LogP) is 3.57. The molecule has 1 fully saturated rings. The van der Waals surface area contributed by atoms with Gasteiger partial charge in [-0.15, -0.1) is 0 Å². The van der Waals surface area contributed by atoms with Crippen LogP contribution >= 0.6 is 0 Å². The Kier molecular flexibility index (Phi) is 4.76. The van der Waals surface area contributed by atoms with Crippen LogP contribution in [0.2, 0.25) is 0 Å². The smallest absolute Gasteiger partial charge is 0.181 e. The zero-order valence-corrected chi connectivity index (χ0v) is 15.0. The van der Waals surface area contributed by atoms with E-state index in [0.29, 0.717) is 24.7 Å². The van der Waals surface area contributed by atoms with Crippen LogP contribution in [0, 0.1) is 17.3 Å². The molecule has 2 N–H and O–H groups in total. The van der Waals surface area contributed by atoms with Gasteiger partial charge in [-0.3, -0.25) is 4.79 Å². The largest absolute Gasteiger partial charge is 0.386 e. The van der Waals surface area contributed by atoms with E-state index in [1.807, 2.05) is 13.8 Å². The molecule has 23 heavy (non-hydrogen) atoms. The number of aliphatic hydroxyl groups is 2. The first-order chi connectivity index (χ1) is 10.4. The lowest BCUT2D eigenvalue weighted by Crippen LogP contribution is -2.23. The van der Waals surface area contributed by atoms with E-state index in [2.05, 4.69) is 19.9 Å². The monoisotopic (exact) mass is 318 g/mol. The van der Waals surface area contributed by atoms with E-state index >= 15 is 0 Å². The summed E-state index contributed by atoms with van der Waals surface area (Å²) < 4.78 is 0. The van der Waals surface area contributed by atoms with E-state index in [1.165, 1.54) is 6.08 Å². The number of carbonyl (C=O) groups excluding carboxylic acids is 1. The van der Waals surface area contributed by atoms with Crippen molar-refractivity contribution in [3.05, 3.63) is 36.0 Å². The summed E-state index contributed by atoms with van der Waals surface area (Å²) in [5, 5.41) is 20.8. The van der Waals surface area contributed by atoms with Gasteiger partial charge in [0.25, 0.3) is 0 Å². The van der Waals surface area contributed by atoms with Crippen molar-refractivity contribution in [2.45, 2.75) is 65.1 Å². The second-order valence-electron chi connectivity index (χ2n) is 8.36. The summed E-state index contributed by atoms with van der Waals surface area (Å²) in [4.78, 5) is 12.2. The van der Waals surface area contributed by atoms with E-state index in [-0.39, 0.29) is 11.2 Å². The fourth-order valence-electron chi connectivity index (χ4n) is 3.56. The molecule has 0 aromatic heterocycles. The molecule has 0 bridgehead atoms. The molecule has 2 unspecified atom stereocenters. The van der Waals surface area contributed by atoms with Gasteiger partial charge < -0.3 is 10.2 Å². The zero-order valence-electron chi connectivity index (χ0n) is 15.0. The Labute approximate surface area is 139 Å². The fraction of sp³-hybridized carbons (Fsp3) is 0.650. The minimum Gasteiger partial charge on any atom is -0.386 e. The molecule has 0 aliphatic heterocycles. The predicted molar refractivity (Wildman–Crippen MR) is 92.9 cm³/mol. The van der Waals surface area contributed by atoms with Crippen molar-refractivity contribution in [3.8, 4) is 0 Å². The van der Waals surface area contributed by atoms with Gasteiger partial charge in [-0.05, 0) is 75.0 Å². The second kappa shape index (κ2) is 6.03. The van der Waals surface area contributed by atoms with E-state index in [1.54, 1.807) is 25.2 Å². The molecule has 0 aromatic rings. The molecule has 3 heteroatoms. The Morgan fingerprint density at radius 1 is 1.09 bits per heavy atom. The number of hydrogen-bond acceptors (Lipinski definition) is 3. The average Bonchev–Trinajstić information content (AvgIpc) is 2.93. The molecule has 2 aliphatic rings. The van der Waals surface area contributed by atoms with Crippen molar-refractivity contribution in [1.82, 2.24) is 0 Å². The van der Waals surface area contributed by atoms with Crippen LogP contribution in [0.4, 0.5) is 0 Å². The summed E-state index contributed by atoms with van der Waals surface area (Å²) in [6, 6.07) is 0. The van der Waals surface area contributed by atoms with Gasteiger partial charge >= 0.3 is 0 Å². The van der Waals surface area contributed by atoms with Crippen molar-refractivity contribution in [2.24, 2.45) is 17.3 Å². The summed E-state index contributed by atoms with van der Waals surface area (Å²) >= 11 is 0. The highest BCUT2D eigenvalue weighted by atomic mass is 16.3. The first-order valence-corrected chi connectivity index (χ1v) is 8.49. The van der Waals surface area contributed by atoms with Crippen LogP contribution in [-0.2, 0) is 4.79 Å². The Hall–Kier alpha value is -1.19. The van der Waals surface area contributed by atoms with E-state index < -0.39 is 11.2 Å². The van der Waals surface area contributed by atoms with Crippen molar-refractivity contribution in [3.63, 3.8) is 0 Å². The van der Waals surface area contributed by atoms with E-state index in [0.717, 1.165) is 12.0 Å². The zero-order chi connectivity index (χ0) is 17.5. The van der Waals surface area contributed by atoms with Gasteiger partial charge in [0, 0.05) is 0 Å². The lowest BCUT2D eigenvalue weighted by atomic mass is 9.93. The summed E-state index contributed by atoms with van der Waals surface area (Å²) in [6.45, 7) is 9.77. The lowest BCUT2D eigenvalue weighted by molar-refractivity contribution is -0.111. The number of carbonyl (C=O) groups is 1. The normalized spacial score (nSPS) is 46.0. The van der Waals surface area contributed by atoms with Gasteiger partial charge in [0.15, 0.2) is 5.78 Å². The third-order valence-electron chi connectivity index (χ3n) is 5.52. The van der Waals surface area contributed by atoms with Crippen LogP contribution in [0.25, 0.3) is 0 Å². The molecule has 4 atom stereocenters. The minimum absolute atomic E-state index is 0.0419. The minimum atomic E-state index is -1.09. The SMILES string of the molecule is C/C1=C\[C@@H]2[C@H](CCC(C)(O)/C=C/CC(C)(O)/C=C/C1=O)C2(C)C. The van der Waals surface area contributed by atoms with Crippen LogP contribution in [0.1, 0.15) is 53.9 Å². The summed E-state index contributed by atoms with van der Waals surface area (Å²) in [7, 11) is 0. The highest BCUT2D eigenvalue weighted by Gasteiger charge is 2.55. The summed E-state index contributed by atoms with van der Waals surface area (Å²) in [5.74, 6) is 0.836. The molecule has 0 amide bonds. The fourth-order valence-corrected chi connectivity index (χ4v) is 3.56. The first-order valence-electron chi connectivity index (χ1n) is 8.49. The highest BCUT2D eigenvalue weighted by Crippen LogP contribution is 2.61. The second-order valence-corrected chi connectivity index (χ2v) is 8.36. The molecule has 0 saturated heterocycles. The molecule has 0 aromatic carbocycles. The van der Waals surface area contributed by atoms with Gasteiger partial charge in [0.05, 0.1) is 11.2 Å². The maximum Gasteiger partial charge on any atom is 0.181 e. The Morgan fingerprint density at radius 3 is 2.39 bits per heavy atom. The number of fused-ring (bicyclic) bond motifs is 1. The van der Waals surface area contributed by atoms with Crippen LogP contribution in [0.5, 0.6) is 0 Å². The van der Waals surface area contributed by atoms with Crippen molar-refractivity contribution < 1.29 is 15.0 Å². The summed E-state index contributed by atoms with van der Waals surface area (Å²) in [6.07, 6.45) is 10.6. The van der Waals surface area contributed by atoms with Crippen molar-refractivity contribution >= 4 is 5.78 Å². The molecule has 2 aliphatic carbocycles. The number of ketones is 1. The van der Waals surface area contributed by atoms with Gasteiger partial charge in [0.1, 0.15) is 0 Å². The topological polar surface area (TPSA) is 57.5 Å². The maximum absolute atomic E-state index is 12.2. The molecule has 1 saturated carbocycles. The Morgan fingerprint density at radius 2 is 1.74 bits per heavy atom. The van der Waals surface area contributed by atoms with Crippen LogP contribution in [0.3, 0.4) is 0 Å². The van der Waals surface area contributed by atoms with Gasteiger partial charge in [0.2, 0.25) is 0 Å². The molecular formula is C20H30O3. The molecule has 0 spiro atoms. The summed E-state index contributed by atoms with van der Waals surface area (Å²) in [5.41, 5.74) is -1.04. The third-order valence-corrected chi connectivity index (χ3v) is 5.52. The van der Waals surface area contributed by atoms with Crippen LogP contribution < -0.4 is 0 Å². The quantitative estimate of drug-likeness (QED) is 0.671. The molecule has 3 nitrogen and oxygen atoms in total. The lowest BCUT2D eigenvalue weighted by Gasteiger charge is -2.21. The average molecular weight is 318 g/mol. The number of allylic oxidation sites excluding steroid dienone is 3. The van der Waals surface area contributed by atoms with Crippen LogP contribution in [0.15, 0.2) is 36.0 Å². The first kappa shape index (κ1) is 18.2. The van der Waals surface area contributed by atoms with Crippen LogP contribution in [-0.4, -0.2) is 27.2 Å². The third kappa shape index (κ3) is 4.42. The van der Waals surface area contributed by atoms with Crippen molar-refractivity contribution in [2.75, 3.05) is 0 Å². The number of rotatable bonds is 0.